The number of carbonyl (C=O) groups excluding carboxylic acids is 1. The Morgan fingerprint density at radius 2 is 1.90 bits per heavy atom. The molecule has 0 radical (unpaired) electrons. The number of benzene rings is 2. The molecule has 21 heavy (non-hydrogen) atoms. The van der Waals surface area contributed by atoms with Crippen molar-refractivity contribution in [3.05, 3.63) is 53.6 Å². The van der Waals surface area contributed by atoms with Crippen molar-refractivity contribution in [3.63, 3.8) is 0 Å². The SMILES string of the molecule is N#Cc1ccc(C(=O)COc2ccc3c(c2)OCO3)cc1. The first kappa shape index (κ1) is 13.0. The van der Waals surface area contributed by atoms with E-state index in [0.29, 0.717) is 28.4 Å². The van der Waals surface area contributed by atoms with Crippen molar-refractivity contribution in [1.29, 1.82) is 5.26 Å². The Morgan fingerprint density at radius 3 is 2.67 bits per heavy atom. The lowest BCUT2D eigenvalue weighted by Gasteiger charge is -2.06. The van der Waals surface area contributed by atoms with Gasteiger partial charge in [-0.15, -0.1) is 0 Å². The van der Waals surface area contributed by atoms with Crippen LogP contribution >= 0.6 is 0 Å². The van der Waals surface area contributed by atoms with E-state index in [1.54, 1.807) is 42.5 Å². The summed E-state index contributed by atoms with van der Waals surface area (Å²) in [7, 11) is 0. The molecule has 0 fully saturated rings. The van der Waals surface area contributed by atoms with Crippen molar-refractivity contribution in [2.24, 2.45) is 0 Å². The van der Waals surface area contributed by atoms with Crippen LogP contribution in [0.25, 0.3) is 0 Å². The Balaban J connectivity index is 1.64. The smallest absolute Gasteiger partial charge is 0.231 e. The Hall–Kier alpha value is -3.00. The monoisotopic (exact) mass is 281 g/mol. The number of hydrogen-bond donors (Lipinski definition) is 0. The van der Waals surface area contributed by atoms with E-state index in [-0.39, 0.29) is 19.2 Å². The van der Waals surface area contributed by atoms with Gasteiger partial charge in [0.1, 0.15) is 5.75 Å². The lowest BCUT2D eigenvalue weighted by Crippen LogP contribution is -2.11. The average Bonchev–Trinajstić information content (AvgIpc) is 3.00. The molecule has 2 aromatic rings. The Labute approximate surface area is 121 Å². The average molecular weight is 281 g/mol. The predicted octanol–water partition coefficient (Wildman–Crippen LogP) is 2.55. The van der Waals surface area contributed by atoms with Crippen molar-refractivity contribution in [2.45, 2.75) is 0 Å². The van der Waals surface area contributed by atoms with E-state index in [4.69, 9.17) is 19.5 Å². The van der Waals surface area contributed by atoms with Crippen LogP contribution < -0.4 is 14.2 Å². The van der Waals surface area contributed by atoms with E-state index in [1.807, 2.05) is 6.07 Å². The van der Waals surface area contributed by atoms with Crippen LogP contribution in [0, 0.1) is 11.3 Å². The Kier molecular flexibility index (Phi) is 3.44. The summed E-state index contributed by atoms with van der Waals surface area (Å²) in [5.41, 5.74) is 1.03. The molecule has 0 atom stereocenters. The first-order chi connectivity index (χ1) is 10.3. The molecular weight excluding hydrogens is 270 g/mol. The van der Waals surface area contributed by atoms with Crippen LogP contribution in [0.4, 0.5) is 0 Å². The number of ether oxygens (including phenoxy) is 3. The Morgan fingerprint density at radius 1 is 1.14 bits per heavy atom. The van der Waals surface area contributed by atoms with Gasteiger partial charge in [-0.3, -0.25) is 4.79 Å². The topological polar surface area (TPSA) is 68.6 Å². The molecular formula is C16H11NO4. The van der Waals surface area contributed by atoms with Gasteiger partial charge in [0.25, 0.3) is 0 Å². The minimum atomic E-state index is -0.155. The van der Waals surface area contributed by atoms with Crippen molar-refractivity contribution >= 4 is 5.78 Å². The van der Waals surface area contributed by atoms with Crippen LogP contribution in [0.15, 0.2) is 42.5 Å². The molecule has 0 N–H and O–H groups in total. The molecule has 5 heteroatoms. The maximum absolute atomic E-state index is 12.0. The molecule has 104 valence electrons. The summed E-state index contributed by atoms with van der Waals surface area (Å²) in [6, 6.07) is 13.6. The van der Waals surface area contributed by atoms with E-state index in [0.717, 1.165) is 0 Å². The van der Waals surface area contributed by atoms with Crippen LogP contribution in [0.3, 0.4) is 0 Å². The predicted molar refractivity (Wildman–Crippen MR) is 73.5 cm³/mol. The van der Waals surface area contributed by atoms with Crippen molar-refractivity contribution in [1.82, 2.24) is 0 Å². The minimum Gasteiger partial charge on any atom is -0.485 e. The number of rotatable bonds is 4. The lowest BCUT2D eigenvalue weighted by atomic mass is 10.1. The summed E-state index contributed by atoms with van der Waals surface area (Å²) in [6.45, 7) is 0.120. The van der Waals surface area contributed by atoms with Crippen molar-refractivity contribution in [3.8, 4) is 23.3 Å². The van der Waals surface area contributed by atoms with E-state index < -0.39 is 0 Å². The van der Waals surface area contributed by atoms with E-state index >= 15 is 0 Å². The second-order valence-electron chi connectivity index (χ2n) is 4.42. The molecule has 3 rings (SSSR count). The van der Waals surface area contributed by atoms with Gasteiger partial charge in [-0.25, -0.2) is 0 Å². The summed E-state index contributed by atoms with van der Waals surface area (Å²) < 4.78 is 15.9. The normalized spacial score (nSPS) is 11.8. The second-order valence-corrected chi connectivity index (χ2v) is 4.42. The van der Waals surface area contributed by atoms with E-state index in [9.17, 15) is 4.79 Å². The first-order valence-corrected chi connectivity index (χ1v) is 6.32. The van der Waals surface area contributed by atoms with Crippen molar-refractivity contribution < 1.29 is 19.0 Å². The highest BCUT2D eigenvalue weighted by molar-refractivity contribution is 5.97. The zero-order valence-electron chi connectivity index (χ0n) is 11.0. The number of Topliss-reactive ketones (excluding diaryl/α,β-unsaturated/α-hetero) is 1. The molecule has 1 aliphatic rings. The third-order valence-electron chi connectivity index (χ3n) is 3.05. The molecule has 0 amide bonds. The van der Waals surface area contributed by atoms with Gasteiger partial charge in [0.15, 0.2) is 23.9 Å². The molecule has 2 aromatic carbocycles. The lowest BCUT2D eigenvalue weighted by molar-refractivity contribution is 0.0921. The van der Waals surface area contributed by atoms with Crippen LogP contribution in [0.2, 0.25) is 0 Å². The van der Waals surface area contributed by atoms with E-state index in [1.165, 1.54) is 0 Å². The fraction of sp³-hybridized carbons (Fsp3) is 0.125. The van der Waals surface area contributed by atoms with Crippen molar-refractivity contribution in [2.75, 3.05) is 13.4 Å². The maximum Gasteiger partial charge on any atom is 0.231 e. The van der Waals surface area contributed by atoms with Gasteiger partial charge >= 0.3 is 0 Å². The van der Waals surface area contributed by atoms with Crippen LogP contribution in [0.1, 0.15) is 15.9 Å². The molecule has 0 bridgehead atoms. The van der Waals surface area contributed by atoms with Gasteiger partial charge in [0.2, 0.25) is 6.79 Å². The maximum atomic E-state index is 12.0. The Bertz CT molecular complexity index is 716. The van der Waals surface area contributed by atoms with Gasteiger partial charge in [-0.05, 0) is 36.4 Å². The number of hydrogen-bond acceptors (Lipinski definition) is 5. The molecule has 0 spiro atoms. The number of nitrogens with zero attached hydrogens (tertiary/aromatic N) is 1. The van der Waals surface area contributed by atoms with Gasteiger partial charge in [-0.2, -0.15) is 5.26 Å². The minimum absolute atomic E-state index is 0.0778. The van der Waals surface area contributed by atoms with Gasteiger partial charge in [-0.1, -0.05) is 0 Å². The number of carbonyl (C=O) groups is 1. The standard InChI is InChI=1S/C16H11NO4/c17-8-11-1-3-12(4-2-11)14(18)9-19-13-5-6-15-16(7-13)21-10-20-15/h1-7H,9-10H2. The fourth-order valence-corrected chi connectivity index (χ4v) is 1.93. The highest BCUT2D eigenvalue weighted by Gasteiger charge is 2.14. The third-order valence-corrected chi connectivity index (χ3v) is 3.05. The first-order valence-electron chi connectivity index (χ1n) is 6.32. The number of fused-ring (bicyclic) bond motifs is 1. The number of ketones is 1. The number of nitriles is 1. The molecule has 0 unspecified atom stereocenters. The van der Waals surface area contributed by atoms with Crippen LogP contribution in [0.5, 0.6) is 17.2 Å². The zero-order chi connectivity index (χ0) is 14.7. The quantitative estimate of drug-likeness (QED) is 0.805. The van der Waals surface area contributed by atoms with E-state index in [2.05, 4.69) is 0 Å². The molecule has 0 saturated carbocycles. The summed E-state index contributed by atoms with van der Waals surface area (Å²) in [6.07, 6.45) is 0. The van der Waals surface area contributed by atoms with Gasteiger partial charge in [0, 0.05) is 11.6 Å². The summed E-state index contributed by atoms with van der Waals surface area (Å²) in [5, 5.41) is 8.71. The molecule has 0 aromatic heterocycles. The fourth-order valence-electron chi connectivity index (χ4n) is 1.93. The summed E-state index contributed by atoms with van der Waals surface area (Å²) in [5.74, 6) is 1.66. The van der Waals surface area contributed by atoms with Crippen LogP contribution in [-0.4, -0.2) is 19.2 Å². The summed E-state index contributed by atoms with van der Waals surface area (Å²) in [4.78, 5) is 12.0. The van der Waals surface area contributed by atoms with Crippen LogP contribution in [-0.2, 0) is 0 Å². The highest BCUT2D eigenvalue weighted by atomic mass is 16.7. The third kappa shape index (κ3) is 2.79. The highest BCUT2D eigenvalue weighted by Crippen LogP contribution is 2.35. The second kappa shape index (κ2) is 5.55. The molecule has 0 aliphatic carbocycles. The molecule has 5 nitrogen and oxygen atoms in total. The van der Waals surface area contributed by atoms with Gasteiger partial charge < -0.3 is 14.2 Å². The largest absolute Gasteiger partial charge is 0.485 e. The molecule has 0 saturated heterocycles. The summed E-state index contributed by atoms with van der Waals surface area (Å²) >= 11 is 0. The molecule has 1 aliphatic heterocycles. The zero-order valence-corrected chi connectivity index (χ0v) is 11.0. The van der Waals surface area contributed by atoms with Gasteiger partial charge in [0.05, 0.1) is 11.6 Å². The molecule has 1 heterocycles.